The van der Waals surface area contributed by atoms with Crippen LogP contribution in [0.2, 0.25) is 5.02 Å². The largest absolute Gasteiger partial charge is 0.298 e. The molecular weight excluding hydrogens is 360 g/mol. The zero-order valence-corrected chi connectivity index (χ0v) is 15.6. The highest BCUT2D eigenvalue weighted by atomic mass is 35.5. The normalized spacial score (nSPS) is 10.6. The molecule has 1 aromatic heterocycles. The maximum atomic E-state index is 12.5. The molecule has 122 valence electrons. The van der Waals surface area contributed by atoms with Gasteiger partial charge < -0.3 is 0 Å². The Balaban J connectivity index is 1.85. The Kier molecular flexibility index (Phi) is 5.23. The van der Waals surface area contributed by atoms with Gasteiger partial charge in [0.2, 0.25) is 0 Å². The van der Waals surface area contributed by atoms with Crippen LogP contribution in [0, 0.1) is 6.92 Å². The van der Waals surface area contributed by atoms with Crippen molar-refractivity contribution in [3.8, 4) is 11.3 Å². The van der Waals surface area contributed by atoms with Gasteiger partial charge in [0, 0.05) is 20.4 Å². The molecule has 0 spiro atoms. The van der Waals surface area contributed by atoms with Crippen molar-refractivity contribution in [1.29, 1.82) is 0 Å². The second kappa shape index (κ2) is 7.38. The molecule has 0 bridgehead atoms. The Morgan fingerprint density at radius 2 is 1.88 bits per heavy atom. The molecule has 3 rings (SSSR count). The first-order valence-corrected chi connectivity index (χ1v) is 9.68. The fourth-order valence-electron chi connectivity index (χ4n) is 2.32. The average Bonchev–Trinajstić information content (AvgIpc) is 2.95. The Bertz CT molecular complexity index is 875. The third-order valence-corrected chi connectivity index (χ3v) is 5.42. The third kappa shape index (κ3) is 3.64. The number of benzene rings is 2. The number of nitrogens with zero attached hydrogens (tertiary/aromatic N) is 1. The minimum absolute atomic E-state index is 0.142. The van der Waals surface area contributed by atoms with Crippen molar-refractivity contribution < 1.29 is 4.79 Å². The summed E-state index contributed by atoms with van der Waals surface area (Å²) in [4.78, 5) is 19.1. The molecule has 6 heteroatoms. The smallest absolute Gasteiger partial charge is 0.258 e. The van der Waals surface area contributed by atoms with Gasteiger partial charge in [-0.3, -0.25) is 10.1 Å². The van der Waals surface area contributed by atoms with Crippen molar-refractivity contribution >= 4 is 45.7 Å². The van der Waals surface area contributed by atoms with Gasteiger partial charge in [0.1, 0.15) is 0 Å². The lowest BCUT2D eigenvalue weighted by Gasteiger charge is -2.06. The van der Waals surface area contributed by atoms with E-state index in [9.17, 15) is 4.79 Å². The summed E-state index contributed by atoms with van der Waals surface area (Å²) in [6.07, 6.45) is 1.96. The molecular formula is C18H15ClN2OS2. The lowest BCUT2D eigenvalue weighted by atomic mass is 10.1. The minimum atomic E-state index is -0.142. The molecule has 0 atom stereocenters. The number of aryl methyl sites for hydroxylation is 1. The van der Waals surface area contributed by atoms with Crippen LogP contribution in [0.4, 0.5) is 5.13 Å². The van der Waals surface area contributed by atoms with E-state index in [2.05, 4.69) is 10.3 Å². The molecule has 0 unspecified atom stereocenters. The monoisotopic (exact) mass is 374 g/mol. The maximum absolute atomic E-state index is 12.5. The summed E-state index contributed by atoms with van der Waals surface area (Å²) in [5.41, 5.74) is 2.51. The Hall–Kier alpha value is -1.82. The number of rotatable bonds is 4. The number of nitrogens with one attached hydrogen (secondary N) is 1. The number of aromatic nitrogens is 1. The lowest BCUT2D eigenvalue weighted by Crippen LogP contribution is -2.12. The lowest BCUT2D eigenvalue weighted by molar-refractivity contribution is 0.102. The van der Waals surface area contributed by atoms with Gasteiger partial charge in [-0.25, -0.2) is 4.98 Å². The van der Waals surface area contributed by atoms with Crippen LogP contribution in [0.3, 0.4) is 0 Å². The highest BCUT2D eigenvalue weighted by Crippen LogP contribution is 2.31. The van der Waals surface area contributed by atoms with Crippen molar-refractivity contribution in [2.24, 2.45) is 0 Å². The molecule has 0 aliphatic carbocycles. The minimum Gasteiger partial charge on any atom is -0.298 e. The second-order valence-electron chi connectivity index (χ2n) is 5.09. The number of hydrogen-bond acceptors (Lipinski definition) is 4. The SMILES string of the molecule is CSc1ccccc1C(=O)Nc1nc(-c2ccc(Cl)cc2)c(C)s1. The molecule has 1 heterocycles. The van der Waals surface area contributed by atoms with Gasteiger partial charge in [-0.2, -0.15) is 0 Å². The first kappa shape index (κ1) is 17.0. The molecule has 0 fully saturated rings. The molecule has 0 radical (unpaired) electrons. The summed E-state index contributed by atoms with van der Waals surface area (Å²) in [6, 6.07) is 15.1. The van der Waals surface area contributed by atoms with Gasteiger partial charge in [0.15, 0.2) is 5.13 Å². The summed E-state index contributed by atoms with van der Waals surface area (Å²) in [5, 5.41) is 4.19. The summed E-state index contributed by atoms with van der Waals surface area (Å²) in [7, 11) is 0. The van der Waals surface area contributed by atoms with Crippen LogP contribution in [0.15, 0.2) is 53.4 Å². The van der Waals surface area contributed by atoms with E-state index in [1.54, 1.807) is 11.8 Å². The Morgan fingerprint density at radius 3 is 2.58 bits per heavy atom. The van der Waals surface area contributed by atoms with Crippen LogP contribution in [0.1, 0.15) is 15.2 Å². The van der Waals surface area contributed by atoms with E-state index in [-0.39, 0.29) is 5.91 Å². The fourth-order valence-corrected chi connectivity index (χ4v) is 3.87. The second-order valence-corrected chi connectivity index (χ2v) is 7.57. The number of anilines is 1. The van der Waals surface area contributed by atoms with Gasteiger partial charge in [-0.05, 0) is 37.4 Å². The number of carbonyl (C=O) groups excluding carboxylic acids is 1. The molecule has 0 saturated heterocycles. The van der Waals surface area contributed by atoms with Gasteiger partial charge >= 0.3 is 0 Å². The van der Waals surface area contributed by atoms with Gasteiger partial charge in [-0.1, -0.05) is 35.9 Å². The van der Waals surface area contributed by atoms with Gasteiger partial charge in [0.25, 0.3) is 5.91 Å². The number of thioether (sulfide) groups is 1. The standard InChI is InChI=1S/C18H15ClN2OS2/c1-11-16(12-7-9-13(19)10-8-12)20-18(24-11)21-17(22)14-5-3-4-6-15(14)23-2/h3-10H,1-2H3,(H,20,21,22). The number of amides is 1. The van der Waals surface area contributed by atoms with E-state index >= 15 is 0 Å². The Morgan fingerprint density at radius 1 is 1.17 bits per heavy atom. The number of carbonyl (C=O) groups is 1. The van der Waals surface area contributed by atoms with E-state index in [1.165, 1.54) is 11.3 Å². The van der Waals surface area contributed by atoms with Crippen molar-refractivity contribution in [3.63, 3.8) is 0 Å². The molecule has 0 aliphatic rings. The van der Waals surface area contributed by atoms with E-state index in [0.717, 1.165) is 21.0 Å². The molecule has 24 heavy (non-hydrogen) atoms. The van der Waals surface area contributed by atoms with E-state index in [1.807, 2.05) is 61.7 Å². The molecule has 1 N–H and O–H groups in total. The van der Waals surface area contributed by atoms with Gasteiger partial charge in [0.05, 0.1) is 11.3 Å². The maximum Gasteiger partial charge on any atom is 0.258 e. The molecule has 1 amide bonds. The molecule has 0 aliphatic heterocycles. The first-order valence-electron chi connectivity index (χ1n) is 7.26. The van der Waals surface area contributed by atoms with E-state index in [0.29, 0.717) is 15.7 Å². The quantitative estimate of drug-likeness (QED) is 0.591. The average molecular weight is 375 g/mol. The zero-order valence-electron chi connectivity index (χ0n) is 13.2. The van der Waals surface area contributed by atoms with Crippen LogP contribution in [-0.4, -0.2) is 17.1 Å². The zero-order chi connectivity index (χ0) is 17.1. The third-order valence-electron chi connectivity index (χ3n) is 3.49. The highest BCUT2D eigenvalue weighted by Gasteiger charge is 2.15. The van der Waals surface area contributed by atoms with E-state index < -0.39 is 0 Å². The van der Waals surface area contributed by atoms with Crippen LogP contribution in [0.5, 0.6) is 0 Å². The van der Waals surface area contributed by atoms with Crippen molar-refractivity contribution in [2.75, 3.05) is 11.6 Å². The predicted octanol–water partition coefficient (Wildman–Crippen LogP) is 5.75. The Labute approximate surface area is 154 Å². The van der Waals surface area contributed by atoms with E-state index in [4.69, 9.17) is 11.6 Å². The number of halogens is 1. The fraction of sp³-hybridized carbons (Fsp3) is 0.111. The molecule has 3 nitrogen and oxygen atoms in total. The van der Waals surface area contributed by atoms with Crippen molar-refractivity contribution in [2.45, 2.75) is 11.8 Å². The van der Waals surface area contributed by atoms with Crippen molar-refractivity contribution in [1.82, 2.24) is 4.98 Å². The molecule has 0 saturated carbocycles. The van der Waals surface area contributed by atoms with Crippen LogP contribution >= 0.6 is 34.7 Å². The molecule has 3 aromatic rings. The van der Waals surface area contributed by atoms with Crippen LogP contribution in [-0.2, 0) is 0 Å². The summed E-state index contributed by atoms with van der Waals surface area (Å²) in [6.45, 7) is 1.99. The summed E-state index contributed by atoms with van der Waals surface area (Å²) >= 11 is 8.95. The predicted molar refractivity (Wildman–Crippen MR) is 103 cm³/mol. The van der Waals surface area contributed by atoms with Crippen molar-refractivity contribution in [3.05, 3.63) is 64.0 Å². The topological polar surface area (TPSA) is 42.0 Å². The van der Waals surface area contributed by atoms with Crippen LogP contribution in [0.25, 0.3) is 11.3 Å². The number of hydrogen-bond donors (Lipinski definition) is 1. The summed E-state index contributed by atoms with van der Waals surface area (Å²) < 4.78 is 0. The van der Waals surface area contributed by atoms with Gasteiger partial charge in [-0.15, -0.1) is 23.1 Å². The van der Waals surface area contributed by atoms with Crippen LogP contribution < -0.4 is 5.32 Å². The number of thiazole rings is 1. The molecule has 2 aromatic carbocycles. The first-order chi connectivity index (χ1) is 11.6. The summed E-state index contributed by atoms with van der Waals surface area (Å²) in [5.74, 6) is -0.142. The highest BCUT2D eigenvalue weighted by molar-refractivity contribution is 7.98.